The number of unbranched alkanes of at least 4 members (excludes halogenated alkanes) is 1. The van der Waals surface area contributed by atoms with Crippen molar-refractivity contribution in [3.8, 4) is 11.5 Å². The van der Waals surface area contributed by atoms with Crippen LogP contribution in [0.25, 0.3) is 0 Å². The molecular formula is C32H45NO5. The van der Waals surface area contributed by atoms with Crippen LogP contribution < -0.4 is 9.47 Å². The van der Waals surface area contributed by atoms with Gasteiger partial charge < -0.3 is 23.8 Å². The smallest absolute Gasteiger partial charge is 0.260 e. The van der Waals surface area contributed by atoms with E-state index >= 15 is 0 Å². The Balaban J connectivity index is 1.47. The van der Waals surface area contributed by atoms with E-state index in [1.165, 1.54) is 5.56 Å². The van der Waals surface area contributed by atoms with Crippen LogP contribution in [0.4, 0.5) is 0 Å². The predicted octanol–water partition coefficient (Wildman–Crippen LogP) is 7.12. The highest BCUT2D eigenvalue weighted by Crippen LogP contribution is 2.33. The van der Waals surface area contributed by atoms with E-state index in [1.807, 2.05) is 63.0 Å². The van der Waals surface area contributed by atoms with E-state index < -0.39 is 0 Å². The molecule has 6 heteroatoms. The summed E-state index contributed by atoms with van der Waals surface area (Å²) in [7, 11) is 0. The van der Waals surface area contributed by atoms with Crippen LogP contribution in [0.3, 0.4) is 0 Å². The largest absolute Gasteiger partial charge is 0.494 e. The Kier molecular flexibility index (Phi) is 11.8. The summed E-state index contributed by atoms with van der Waals surface area (Å²) < 4.78 is 22.8. The molecule has 1 aromatic rings. The summed E-state index contributed by atoms with van der Waals surface area (Å²) in [5, 5.41) is 0. The number of likely N-dealkylation sites (tertiary alicyclic amines) is 1. The van der Waals surface area contributed by atoms with Crippen molar-refractivity contribution in [2.45, 2.75) is 73.1 Å². The lowest BCUT2D eigenvalue weighted by molar-refractivity contribution is -0.136. The van der Waals surface area contributed by atoms with Crippen molar-refractivity contribution in [2.75, 3.05) is 33.1 Å². The van der Waals surface area contributed by atoms with Gasteiger partial charge in [-0.15, -0.1) is 0 Å². The number of nitrogens with zero attached hydrogens (tertiary/aromatic N) is 1. The van der Waals surface area contributed by atoms with Gasteiger partial charge in [0.05, 0.1) is 6.61 Å². The lowest BCUT2D eigenvalue weighted by Gasteiger charge is -2.32. The lowest BCUT2D eigenvalue weighted by Crippen LogP contribution is -2.40. The molecule has 0 unspecified atom stereocenters. The highest BCUT2D eigenvalue weighted by molar-refractivity contribution is 5.77. The number of piperidine rings is 1. The molecule has 0 radical (unpaired) electrons. The van der Waals surface area contributed by atoms with E-state index in [0.717, 1.165) is 85.8 Å². The Morgan fingerprint density at radius 1 is 1.11 bits per heavy atom. The van der Waals surface area contributed by atoms with Gasteiger partial charge in [-0.3, -0.25) is 4.79 Å². The Labute approximate surface area is 229 Å². The Morgan fingerprint density at radius 2 is 1.87 bits per heavy atom. The maximum Gasteiger partial charge on any atom is 0.260 e. The molecular weight excluding hydrogens is 478 g/mol. The van der Waals surface area contributed by atoms with Crippen molar-refractivity contribution in [3.05, 3.63) is 70.7 Å². The molecule has 0 aliphatic carbocycles. The zero-order valence-electron chi connectivity index (χ0n) is 23.9. The summed E-state index contributed by atoms with van der Waals surface area (Å²) in [6.07, 6.45) is 14.2. The Hall–Kier alpha value is -3.15. The number of aryl methyl sites for hydroxylation is 1. The van der Waals surface area contributed by atoms with Crippen molar-refractivity contribution < 1.29 is 23.7 Å². The molecule has 3 rings (SSSR count). The molecule has 0 atom stereocenters. The molecule has 2 heterocycles. The van der Waals surface area contributed by atoms with Crippen molar-refractivity contribution in [2.24, 2.45) is 5.92 Å². The third-order valence-corrected chi connectivity index (χ3v) is 7.29. The molecule has 6 nitrogen and oxygen atoms in total. The van der Waals surface area contributed by atoms with Gasteiger partial charge in [-0.1, -0.05) is 25.5 Å². The topological polar surface area (TPSA) is 57.2 Å². The number of rotatable bonds is 13. The number of ether oxygens (including phenoxy) is 4. The summed E-state index contributed by atoms with van der Waals surface area (Å²) in [6, 6.07) is 6.21. The van der Waals surface area contributed by atoms with E-state index in [0.29, 0.717) is 19.3 Å². The van der Waals surface area contributed by atoms with Crippen molar-refractivity contribution in [3.63, 3.8) is 0 Å². The number of hydrogen-bond donors (Lipinski definition) is 0. The number of fused-ring (bicyclic) bond motifs is 1. The molecule has 208 valence electrons. The predicted molar refractivity (Wildman–Crippen MR) is 152 cm³/mol. The van der Waals surface area contributed by atoms with Gasteiger partial charge in [-0.25, -0.2) is 0 Å². The standard InChI is InChI=1S/C32H45NO5/c1-6-9-19-35-28(8-3)20-24(4)25(5)29(10-7-2)36-22-32(34)33-17-15-26(16-18-33)11-12-27-13-14-30-31(21-27)38-23-37-30/h7-8,10,13-14,20-21,26H,6,9,11-12,15-19,22-23H2,1-5H3/b10-7-,24-20+,28-8+,29-25-. The number of allylic oxidation sites excluding steroid dienone is 6. The van der Waals surface area contributed by atoms with Gasteiger partial charge in [-0.2, -0.15) is 0 Å². The normalized spacial score (nSPS) is 17.1. The van der Waals surface area contributed by atoms with Crippen molar-refractivity contribution >= 4 is 5.91 Å². The quantitative estimate of drug-likeness (QED) is 0.157. The first-order chi connectivity index (χ1) is 18.4. The fourth-order valence-electron chi connectivity index (χ4n) is 4.66. The van der Waals surface area contributed by atoms with Crippen molar-refractivity contribution in [1.29, 1.82) is 0 Å². The first-order valence-electron chi connectivity index (χ1n) is 14.1. The molecule has 1 fully saturated rings. The van der Waals surface area contributed by atoms with Crippen LogP contribution in [-0.4, -0.2) is 43.9 Å². The second-order valence-electron chi connectivity index (χ2n) is 10.0. The lowest BCUT2D eigenvalue weighted by atomic mass is 9.90. The summed E-state index contributed by atoms with van der Waals surface area (Å²) in [5.74, 6) is 3.92. The van der Waals surface area contributed by atoms with E-state index in [-0.39, 0.29) is 12.5 Å². The van der Waals surface area contributed by atoms with Gasteiger partial charge in [-0.05, 0) is 113 Å². The number of carbonyl (C=O) groups excluding carboxylic acids is 1. The van der Waals surface area contributed by atoms with Gasteiger partial charge in [0.15, 0.2) is 18.1 Å². The minimum atomic E-state index is 0.0488. The van der Waals surface area contributed by atoms with Gasteiger partial charge in [0.2, 0.25) is 6.79 Å². The van der Waals surface area contributed by atoms with E-state index in [1.54, 1.807) is 0 Å². The first kappa shape index (κ1) is 29.4. The minimum Gasteiger partial charge on any atom is -0.494 e. The summed E-state index contributed by atoms with van der Waals surface area (Å²) in [5.41, 5.74) is 3.33. The molecule has 1 amide bonds. The average Bonchev–Trinajstić information content (AvgIpc) is 3.41. The van der Waals surface area contributed by atoms with Crippen LogP contribution in [0.5, 0.6) is 11.5 Å². The fourth-order valence-corrected chi connectivity index (χ4v) is 4.66. The van der Waals surface area contributed by atoms with Gasteiger partial charge in [0.25, 0.3) is 5.91 Å². The van der Waals surface area contributed by atoms with E-state index in [2.05, 4.69) is 19.1 Å². The molecule has 1 aromatic carbocycles. The van der Waals surface area contributed by atoms with Crippen LogP contribution in [0.1, 0.15) is 72.3 Å². The average molecular weight is 524 g/mol. The van der Waals surface area contributed by atoms with Crippen LogP contribution in [0.15, 0.2) is 65.2 Å². The molecule has 0 aromatic heterocycles. The monoisotopic (exact) mass is 523 g/mol. The number of carbonyl (C=O) groups is 1. The maximum atomic E-state index is 12.9. The van der Waals surface area contributed by atoms with E-state index in [4.69, 9.17) is 18.9 Å². The number of benzene rings is 1. The number of amides is 1. The fraction of sp³-hybridized carbons (Fsp3) is 0.531. The summed E-state index contributed by atoms with van der Waals surface area (Å²) >= 11 is 0. The second-order valence-corrected chi connectivity index (χ2v) is 10.0. The molecule has 2 aliphatic heterocycles. The highest BCUT2D eigenvalue weighted by Gasteiger charge is 2.23. The van der Waals surface area contributed by atoms with Gasteiger partial charge in [0.1, 0.15) is 11.5 Å². The second kappa shape index (κ2) is 15.3. The van der Waals surface area contributed by atoms with Crippen molar-refractivity contribution in [1.82, 2.24) is 4.90 Å². The maximum absolute atomic E-state index is 12.9. The SMILES string of the molecule is C\C=C/C(OCC(=O)N1CCC(CCc2ccc3c(c2)OCO3)CC1)=C(C)/C(C)=C/C(=C\C)OCCCC. The van der Waals surface area contributed by atoms with E-state index in [9.17, 15) is 4.79 Å². The van der Waals surface area contributed by atoms with Gasteiger partial charge >= 0.3 is 0 Å². The third-order valence-electron chi connectivity index (χ3n) is 7.29. The molecule has 38 heavy (non-hydrogen) atoms. The van der Waals surface area contributed by atoms with Gasteiger partial charge in [0, 0.05) is 13.1 Å². The Morgan fingerprint density at radius 3 is 2.58 bits per heavy atom. The Bertz CT molecular complexity index is 1040. The third kappa shape index (κ3) is 8.71. The number of hydrogen-bond acceptors (Lipinski definition) is 5. The van der Waals surface area contributed by atoms with Crippen LogP contribution in [0.2, 0.25) is 0 Å². The molecule has 2 aliphatic rings. The van der Waals surface area contributed by atoms with Crippen LogP contribution >= 0.6 is 0 Å². The summed E-state index contributed by atoms with van der Waals surface area (Å²) in [6.45, 7) is 12.8. The first-order valence-corrected chi connectivity index (χ1v) is 14.1. The molecule has 0 spiro atoms. The highest BCUT2D eigenvalue weighted by atomic mass is 16.7. The zero-order chi connectivity index (χ0) is 27.3. The molecule has 0 saturated carbocycles. The van der Waals surface area contributed by atoms with Crippen LogP contribution in [0, 0.1) is 5.92 Å². The zero-order valence-corrected chi connectivity index (χ0v) is 23.9. The van der Waals surface area contributed by atoms with Crippen LogP contribution in [-0.2, 0) is 20.7 Å². The molecule has 0 bridgehead atoms. The molecule has 1 saturated heterocycles. The molecule has 0 N–H and O–H groups in total. The summed E-state index contributed by atoms with van der Waals surface area (Å²) in [4.78, 5) is 14.9. The minimum absolute atomic E-state index is 0.0488.